The van der Waals surface area contributed by atoms with Gasteiger partial charge in [-0.3, -0.25) is 0 Å². The molecule has 1 N–H and O–H groups in total. The Morgan fingerprint density at radius 2 is 2.23 bits per heavy atom. The Labute approximate surface area is 80.9 Å². The largest absolute Gasteiger partial charge is 0.390 e. The minimum absolute atomic E-state index is 0.288. The summed E-state index contributed by atoms with van der Waals surface area (Å²) in [5.74, 6) is 0.565. The lowest BCUT2D eigenvalue weighted by Crippen LogP contribution is -2.53. The van der Waals surface area contributed by atoms with Crippen LogP contribution in [0.5, 0.6) is 0 Å². The third-order valence-electron chi connectivity index (χ3n) is 3.96. The molecule has 0 radical (unpaired) electrons. The number of likely N-dealkylation sites (tertiary alicyclic amines) is 1. The summed E-state index contributed by atoms with van der Waals surface area (Å²) in [5, 5.41) is 10.4. The van der Waals surface area contributed by atoms with E-state index in [4.69, 9.17) is 0 Å². The summed E-state index contributed by atoms with van der Waals surface area (Å²) in [6, 6.07) is 0. The Bertz CT molecular complexity index is 183. The zero-order valence-electron chi connectivity index (χ0n) is 8.63. The molecule has 2 fully saturated rings. The van der Waals surface area contributed by atoms with Crippen molar-refractivity contribution in [3.63, 3.8) is 0 Å². The highest BCUT2D eigenvalue weighted by atomic mass is 16.3. The van der Waals surface area contributed by atoms with Crippen LogP contribution in [0, 0.1) is 5.92 Å². The zero-order chi connectivity index (χ0) is 9.31. The van der Waals surface area contributed by atoms with Crippen LogP contribution >= 0.6 is 0 Å². The van der Waals surface area contributed by atoms with Crippen LogP contribution in [0.2, 0.25) is 0 Å². The summed E-state index contributed by atoms with van der Waals surface area (Å²) in [6.07, 6.45) is 5.86. The Balaban J connectivity index is 2.01. The molecule has 0 aromatic heterocycles. The molecule has 0 spiro atoms. The predicted octanol–water partition coefficient (Wildman–Crippen LogP) is 1.63. The van der Waals surface area contributed by atoms with Crippen molar-refractivity contribution in [2.45, 2.75) is 44.6 Å². The summed E-state index contributed by atoms with van der Waals surface area (Å²) in [6.45, 7) is 5.59. The van der Waals surface area contributed by atoms with E-state index in [1.165, 1.54) is 19.3 Å². The molecule has 2 atom stereocenters. The molecule has 1 heterocycles. The van der Waals surface area contributed by atoms with Crippen molar-refractivity contribution < 1.29 is 5.11 Å². The van der Waals surface area contributed by atoms with E-state index in [0.717, 1.165) is 32.5 Å². The molecular formula is C11H21NO. The van der Waals surface area contributed by atoms with Crippen LogP contribution in [0.3, 0.4) is 0 Å². The van der Waals surface area contributed by atoms with Crippen molar-refractivity contribution in [2.24, 2.45) is 5.92 Å². The number of aliphatic hydroxyl groups is 1. The van der Waals surface area contributed by atoms with Gasteiger partial charge in [0.05, 0.1) is 5.60 Å². The van der Waals surface area contributed by atoms with Crippen LogP contribution in [0.1, 0.15) is 39.0 Å². The van der Waals surface area contributed by atoms with Gasteiger partial charge in [0, 0.05) is 19.0 Å². The Morgan fingerprint density at radius 3 is 3.00 bits per heavy atom. The first-order valence-corrected chi connectivity index (χ1v) is 5.69. The minimum atomic E-state index is -0.288. The van der Waals surface area contributed by atoms with E-state index in [9.17, 15) is 5.11 Å². The molecule has 0 bridgehead atoms. The molecule has 13 heavy (non-hydrogen) atoms. The first-order chi connectivity index (χ1) is 6.24. The molecule has 1 aliphatic heterocycles. The van der Waals surface area contributed by atoms with Crippen LogP contribution < -0.4 is 0 Å². The van der Waals surface area contributed by atoms with Crippen molar-refractivity contribution in [3.05, 3.63) is 0 Å². The third kappa shape index (κ3) is 1.75. The lowest BCUT2D eigenvalue weighted by atomic mass is 9.71. The van der Waals surface area contributed by atoms with E-state index in [0.29, 0.717) is 5.92 Å². The van der Waals surface area contributed by atoms with Gasteiger partial charge in [-0.05, 0) is 25.8 Å². The number of rotatable bonds is 1. The third-order valence-corrected chi connectivity index (χ3v) is 3.96. The maximum absolute atomic E-state index is 10.4. The Hall–Kier alpha value is -0.0800. The van der Waals surface area contributed by atoms with E-state index in [2.05, 4.69) is 11.8 Å². The van der Waals surface area contributed by atoms with Gasteiger partial charge < -0.3 is 10.0 Å². The molecule has 1 saturated carbocycles. The molecule has 2 rings (SSSR count). The predicted molar refractivity (Wildman–Crippen MR) is 53.6 cm³/mol. The maximum Gasteiger partial charge on any atom is 0.0700 e. The van der Waals surface area contributed by atoms with Crippen LogP contribution in [-0.2, 0) is 0 Å². The average Bonchev–Trinajstić information content (AvgIpc) is 2.16. The molecule has 1 aliphatic carbocycles. The normalized spacial score (nSPS) is 41.5. The second kappa shape index (κ2) is 3.58. The van der Waals surface area contributed by atoms with Gasteiger partial charge in [0.2, 0.25) is 0 Å². The summed E-state index contributed by atoms with van der Waals surface area (Å²) < 4.78 is 0. The molecule has 0 aromatic rings. The van der Waals surface area contributed by atoms with E-state index in [-0.39, 0.29) is 5.60 Å². The van der Waals surface area contributed by atoms with Crippen LogP contribution in [-0.4, -0.2) is 35.2 Å². The number of nitrogens with zero attached hydrogens (tertiary/aromatic N) is 1. The molecule has 0 aromatic carbocycles. The minimum Gasteiger partial charge on any atom is -0.390 e. The van der Waals surface area contributed by atoms with Gasteiger partial charge in [-0.2, -0.15) is 0 Å². The van der Waals surface area contributed by atoms with Crippen molar-refractivity contribution in [1.82, 2.24) is 4.90 Å². The first-order valence-electron chi connectivity index (χ1n) is 5.69. The summed E-state index contributed by atoms with van der Waals surface area (Å²) in [4.78, 5) is 2.48. The molecule has 2 aliphatic rings. The first kappa shape index (κ1) is 9.47. The monoisotopic (exact) mass is 183 g/mol. The number of hydrogen-bond donors (Lipinski definition) is 1. The van der Waals surface area contributed by atoms with Gasteiger partial charge in [-0.15, -0.1) is 0 Å². The van der Waals surface area contributed by atoms with Gasteiger partial charge >= 0.3 is 0 Å². The highest BCUT2D eigenvalue weighted by Gasteiger charge is 2.42. The van der Waals surface area contributed by atoms with Crippen molar-refractivity contribution in [3.8, 4) is 0 Å². The molecular weight excluding hydrogens is 162 g/mol. The fourth-order valence-corrected chi connectivity index (χ4v) is 2.93. The smallest absolute Gasteiger partial charge is 0.0700 e. The van der Waals surface area contributed by atoms with Gasteiger partial charge in [0.1, 0.15) is 0 Å². The average molecular weight is 183 g/mol. The maximum atomic E-state index is 10.4. The fraction of sp³-hybridized carbons (Fsp3) is 1.00. The van der Waals surface area contributed by atoms with E-state index in [1.807, 2.05) is 0 Å². The molecule has 1 saturated heterocycles. The summed E-state index contributed by atoms with van der Waals surface area (Å²) >= 11 is 0. The summed E-state index contributed by atoms with van der Waals surface area (Å²) in [5.41, 5.74) is -0.288. The highest BCUT2D eigenvalue weighted by Crippen LogP contribution is 2.39. The fourth-order valence-electron chi connectivity index (χ4n) is 2.93. The Kier molecular flexibility index (Phi) is 2.61. The number of piperidine rings is 1. The van der Waals surface area contributed by atoms with Crippen LogP contribution in [0.15, 0.2) is 0 Å². The molecule has 0 amide bonds. The SMILES string of the molecule is CCN1CCC2(O)CCCCC2C1. The Morgan fingerprint density at radius 1 is 1.38 bits per heavy atom. The van der Waals surface area contributed by atoms with Gasteiger partial charge in [0.15, 0.2) is 0 Å². The van der Waals surface area contributed by atoms with Crippen molar-refractivity contribution in [1.29, 1.82) is 0 Å². The lowest BCUT2D eigenvalue weighted by Gasteiger charge is -2.47. The second-order valence-corrected chi connectivity index (χ2v) is 4.69. The second-order valence-electron chi connectivity index (χ2n) is 4.69. The van der Waals surface area contributed by atoms with E-state index < -0.39 is 0 Å². The molecule has 76 valence electrons. The number of fused-ring (bicyclic) bond motifs is 1. The van der Waals surface area contributed by atoms with Gasteiger partial charge in [-0.25, -0.2) is 0 Å². The van der Waals surface area contributed by atoms with E-state index in [1.54, 1.807) is 0 Å². The van der Waals surface area contributed by atoms with Gasteiger partial charge in [-0.1, -0.05) is 19.8 Å². The molecule has 2 heteroatoms. The van der Waals surface area contributed by atoms with Crippen molar-refractivity contribution >= 4 is 0 Å². The quantitative estimate of drug-likeness (QED) is 0.668. The standard InChI is InChI=1S/C11H21NO/c1-2-12-8-7-11(13)6-4-3-5-10(11)9-12/h10,13H,2-9H2,1H3. The van der Waals surface area contributed by atoms with Crippen molar-refractivity contribution in [2.75, 3.05) is 19.6 Å². The topological polar surface area (TPSA) is 23.5 Å². The zero-order valence-corrected chi connectivity index (χ0v) is 8.63. The number of hydrogen-bond acceptors (Lipinski definition) is 2. The lowest BCUT2D eigenvalue weighted by molar-refractivity contribution is -0.0943. The van der Waals surface area contributed by atoms with Crippen LogP contribution in [0.25, 0.3) is 0 Å². The molecule has 2 unspecified atom stereocenters. The van der Waals surface area contributed by atoms with Crippen LogP contribution in [0.4, 0.5) is 0 Å². The summed E-state index contributed by atoms with van der Waals surface area (Å²) in [7, 11) is 0. The van der Waals surface area contributed by atoms with Gasteiger partial charge in [0.25, 0.3) is 0 Å². The highest BCUT2D eigenvalue weighted by molar-refractivity contribution is 4.95. The molecule has 2 nitrogen and oxygen atoms in total. The van der Waals surface area contributed by atoms with E-state index >= 15 is 0 Å².